The first-order valence-electron chi connectivity index (χ1n) is 4.35. The van der Waals surface area contributed by atoms with E-state index in [1.165, 1.54) is 6.92 Å². The molecule has 0 bridgehead atoms. The number of nitrogens with zero attached hydrogens (tertiary/aromatic N) is 1. The third-order valence-electron chi connectivity index (χ3n) is 1.67. The van der Waals surface area contributed by atoms with Gasteiger partial charge in [0.2, 0.25) is 5.91 Å². The molecular weight excluding hydrogens is 243 g/mol. The quantitative estimate of drug-likeness (QED) is 0.848. The highest BCUT2D eigenvalue weighted by molar-refractivity contribution is 7.09. The van der Waals surface area contributed by atoms with Crippen molar-refractivity contribution in [2.24, 2.45) is 5.73 Å². The molecule has 1 atom stereocenters. The SMILES string of the molecule is C[C@@H](N)C(=O)NCc1nc(C(F)(F)F)cs1. The second-order valence-corrected chi connectivity index (χ2v) is 4.07. The molecule has 0 unspecified atom stereocenters. The highest BCUT2D eigenvalue weighted by Gasteiger charge is 2.33. The molecule has 0 aliphatic carbocycles. The van der Waals surface area contributed by atoms with Crippen LogP contribution in [0, 0.1) is 0 Å². The van der Waals surface area contributed by atoms with E-state index in [1.807, 2.05) is 0 Å². The summed E-state index contributed by atoms with van der Waals surface area (Å²) in [5, 5.41) is 3.49. The Morgan fingerprint density at radius 2 is 2.31 bits per heavy atom. The van der Waals surface area contributed by atoms with Crippen LogP contribution in [0.3, 0.4) is 0 Å². The molecule has 1 heterocycles. The van der Waals surface area contributed by atoms with Crippen LogP contribution < -0.4 is 11.1 Å². The van der Waals surface area contributed by atoms with Crippen molar-refractivity contribution in [2.45, 2.75) is 25.7 Å². The number of hydrogen-bond donors (Lipinski definition) is 2. The summed E-state index contributed by atoms with van der Waals surface area (Å²) in [5.74, 6) is -0.427. The zero-order valence-corrected chi connectivity index (χ0v) is 9.15. The Morgan fingerprint density at radius 1 is 1.69 bits per heavy atom. The third-order valence-corrected chi connectivity index (χ3v) is 2.52. The zero-order chi connectivity index (χ0) is 12.3. The maximum absolute atomic E-state index is 12.2. The Balaban J connectivity index is 2.57. The van der Waals surface area contributed by atoms with Gasteiger partial charge in [-0.3, -0.25) is 4.79 Å². The molecule has 0 aliphatic rings. The molecule has 90 valence electrons. The maximum Gasteiger partial charge on any atom is 0.434 e. The summed E-state index contributed by atoms with van der Waals surface area (Å²) in [6, 6.07) is -0.693. The molecule has 4 nitrogen and oxygen atoms in total. The van der Waals surface area contributed by atoms with Gasteiger partial charge >= 0.3 is 6.18 Å². The molecule has 0 saturated heterocycles. The minimum Gasteiger partial charge on any atom is -0.348 e. The van der Waals surface area contributed by atoms with Crippen molar-refractivity contribution < 1.29 is 18.0 Å². The van der Waals surface area contributed by atoms with Crippen molar-refractivity contribution in [1.82, 2.24) is 10.3 Å². The molecule has 8 heteroatoms. The van der Waals surface area contributed by atoms with Crippen LogP contribution in [0.1, 0.15) is 17.6 Å². The minimum absolute atomic E-state index is 0.0406. The normalized spacial score (nSPS) is 13.6. The van der Waals surface area contributed by atoms with Gasteiger partial charge in [0.25, 0.3) is 0 Å². The van der Waals surface area contributed by atoms with Crippen LogP contribution in [-0.4, -0.2) is 16.9 Å². The van der Waals surface area contributed by atoms with E-state index in [2.05, 4.69) is 10.3 Å². The number of rotatable bonds is 3. The molecule has 3 N–H and O–H groups in total. The molecule has 0 aliphatic heterocycles. The average molecular weight is 253 g/mol. The summed E-state index contributed by atoms with van der Waals surface area (Å²) in [5.41, 5.74) is 4.32. The van der Waals surface area contributed by atoms with Crippen molar-refractivity contribution in [3.05, 3.63) is 16.1 Å². The summed E-state index contributed by atoms with van der Waals surface area (Å²) in [6.07, 6.45) is -4.44. The van der Waals surface area contributed by atoms with Gasteiger partial charge in [0, 0.05) is 5.38 Å². The lowest BCUT2D eigenvalue weighted by Crippen LogP contribution is -2.37. The molecule has 1 aromatic heterocycles. The zero-order valence-electron chi connectivity index (χ0n) is 8.34. The summed E-state index contributed by atoms with van der Waals surface area (Å²) in [6.45, 7) is 1.44. The maximum atomic E-state index is 12.2. The number of nitrogens with one attached hydrogen (secondary N) is 1. The first-order chi connectivity index (χ1) is 7.30. The minimum atomic E-state index is -4.44. The molecule has 1 rings (SSSR count). The first-order valence-corrected chi connectivity index (χ1v) is 5.23. The Kier molecular flexibility index (Phi) is 3.87. The van der Waals surface area contributed by atoms with Gasteiger partial charge in [0.1, 0.15) is 5.01 Å². The van der Waals surface area contributed by atoms with Gasteiger partial charge in [0.15, 0.2) is 5.69 Å². The van der Waals surface area contributed by atoms with E-state index < -0.39 is 23.8 Å². The highest BCUT2D eigenvalue weighted by Crippen LogP contribution is 2.29. The van der Waals surface area contributed by atoms with Gasteiger partial charge in [-0.05, 0) is 6.92 Å². The fourth-order valence-electron chi connectivity index (χ4n) is 0.846. The number of carbonyl (C=O) groups excluding carboxylic acids is 1. The molecule has 0 spiro atoms. The van der Waals surface area contributed by atoms with Crippen LogP contribution >= 0.6 is 11.3 Å². The van der Waals surface area contributed by atoms with E-state index in [9.17, 15) is 18.0 Å². The Labute approximate surface area is 93.7 Å². The van der Waals surface area contributed by atoms with Crippen molar-refractivity contribution >= 4 is 17.2 Å². The van der Waals surface area contributed by atoms with Crippen molar-refractivity contribution in [3.8, 4) is 0 Å². The second kappa shape index (κ2) is 4.79. The molecule has 0 saturated carbocycles. The fraction of sp³-hybridized carbons (Fsp3) is 0.500. The molecule has 16 heavy (non-hydrogen) atoms. The first kappa shape index (κ1) is 12.9. The number of halogens is 3. The third kappa shape index (κ3) is 3.46. The Bertz CT molecular complexity index is 375. The van der Waals surface area contributed by atoms with E-state index in [-0.39, 0.29) is 11.6 Å². The van der Waals surface area contributed by atoms with Gasteiger partial charge in [-0.25, -0.2) is 4.98 Å². The molecular formula is C8H10F3N3OS. The summed E-state index contributed by atoms with van der Waals surface area (Å²) < 4.78 is 36.5. The molecule has 1 aromatic rings. The highest BCUT2D eigenvalue weighted by atomic mass is 32.1. The fourth-order valence-corrected chi connectivity index (χ4v) is 1.59. The number of carbonyl (C=O) groups is 1. The van der Waals surface area contributed by atoms with Crippen LogP contribution in [0.25, 0.3) is 0 Å². The van der Waals surface area contributed by atoms with Crippen LogP contribution in [0.4, 0.5) is 13.2 Å². The van der Waals surface area contributed by atoms with Crippen LogP contribution in [0.5, 0.6) is 0 Å². The van der Waals surface area contributed by atoms with Crippen molar-refractivity contribution in [1.29, 1.82) is 0 Å². The number of thiazole rings is 1. The predicted octanol–water partition coefficient (Wildman–Crippen LogP) is 1.13. The number of alkyl halides is 3. The number of aromatic nitrogens is 1. The predicted molar refractivity (Wildman–Crippen MR) is 52.6 cm³/mol. The Morgan fingerprint density at radius 3 is 2.75 bits per heavy atom. The van der Waals surface area contributed by atoms with E-state index in [4.69, 9.17) is 5.73 Å². The van der Waals surface area contributed by atoms with E-state index in [1.54, 1.807) is 0 Å². The second-order valence-electron chi connectivity index (χ2n) is 3.13. The van der Waals surface area contributed by atoms with Gasteiger partial charge in [-0.1, -0.05) is 0 Å². The van der Waals surface area contributed by atoms with Crippen LogP contribution in [-0.2, 0) is 17.5 Å². The van der Waals surface area contributed by atoms with Gasteiger partial charge in [-0.15, -0.1) is 11.3 Å². The average Bonchev–Trinajstić information content (AvgIpc) is 2.61. The summed E-state index contributed by atoms with van der Waals surface area (Å²) in [4.78, 5) is 14.4. The van der Waals surface area contributed by atoms with Crippen LogP contribution in [0.15, 0.2) is 5.38 Å². The monoisotopic (exact) mass is 253 g/mol. The lowest BCUT2D eigenvalue weighted by Gasteiger charge is -2.05. The summed E-state index contributed by atoms with van der Waals surface area (Å²) >= 11 is 0.843. The van der Waals surface area contributed by atoms with Crippen molar-refractivity contribution in [2.75, 3.05) is 0 Å². The summed E-state index contributed by atoms with van der Waals surface area (Å²) in [7, 11) is 0. The van der Waals surface area contributed by atoms with Crippen molar-refractivity contribution in [3.63, 3.8) is 0 Å². The topological polar surface area (TPSA) is 68.0 Å². The largest absolute Gasteiger partial charge is 0.434 e. The lowest BCUT2D eigenvalue weighted by molar-refractivity contribution is -0.140. The van der Waals surface area contributed by atoms with Crippen LogP contribution in [0.2, 0.25) is 0 Å². The molecule has 0 aromatic carbocycles. The molecule has 0 radical (unpaired) electrons. The number of nitrogens with two attached hydrogens (primary N) is 1. The molecule has 1 amide bonds. The van der Waals surface area contributed by atoms with Gasteiger partial charge in [0.05, 0.1) is 12.6 Å². The van der Waals surface area contributed by atoms with E-state index >= 15 is 0 Å². The van der Waals surface area contributed by atoms with Gasteiger partial charge in [-0.2, -0.15) is 13.2 Å². The standard InChI is InChI=1S/C8H10F3N3OS/c1-4(12)7(15)13-2-6-14-5(3-16-6)8(9,10)11/h3-4H,2,12H2,1H3,(H,13,15)/t4-/m1/s1. The molecule has 0 fully saturated rings. The lowest BCUT2D eigenvalue weighted by atomic mass is 10.3. The Hall–Kier alpha value is -1.15. The smallest absolute Gasteiger partial charge is 0.348 e. The number of amides is 1. The number of hydrogen-bond acceptors (Lipinski definition) is 4. The van der Waals surface area contributed by atoms with E-state index in [0.29, 0.717) is 0 Å². The van der Waals surface area contributed by atoms with E-state index in [0.717, 1.165) is 16.7 Å². The van der Waals surface area contributed by atoms with Gasteiger partial charge < -0.3 is 11.1 Å².